The van der Waals surface area contributed by atoms with E-state index in [-0.39, 0.29) is 5.43 Å². The molecule has 2 aromatic carbocycles. The molecule has 0 unspecified atom stereocenters. The van der Waals surface area contributed by atoms with Gasteiger partial charge >= 0.3 is 0 Å². The summed E-state index contributed by atoms with van der Waals surface area (Å²) in [5.74, 6) is 1.62. The Hall–Kier alpha value is -2.82. The molecule has 0 aliphatic rings. The molecule has 3 aromatic rings. The van der Waals surface area contributed by atoms with Gasteiger partial charge in [-0.05, 0) is 36.4 Å². The maximum Gasteiger partial charge on any atom is 0.207 e. The highest BCUT2D eigenvalue weighted by Gasteiger charge is 2.03. The standard InChI is InChI=1S/C18H18N2O3/c1-22-14-7-9-15(10-8-14)23-12-4-11-20-17-6-3-2-5-16(17)18(21)13-19-20/h2-3,5-10,13H,4,11-12H2,1H3. The highest BCUT2D eigenvalue weighted by atomic mass is 16.5. The van der Waals surface area contributed by atoms with Crippen LogP contribution in [0.1, 0.15) is 6.42 Å². The summed E-state index contributed by atoms with van der Waals surface area (Å²) in [6.07, 6.45) is 2.17. The average Bonchev–Trinajstić information content (AvgIpc) is 2.61. The van der Waals surface area contributed by atoms with Crippen molar-refractivity contribution < 1.29 is 9.47 Å². The quantitative estimate of drug-likeness (QED) is 0.657. The summed E-state index contributed by atoms with van der Waals surface area (Å²) in [4.78, 5) is 11.8. The molecular weight excluding hydrogens is 292 g/mol. The zero-order chi connectivity index (χ0) is 16.1. The first-order valence-corrected chi connectivity index (χ1v) is 7.49. The van der Waals surface area contributed by atoms with Gasteiger partial charge < -0.3 is 9.47 Å². The first-order valence-electron chi connectivity index (χ1n) is 7.49. The van der Waals surface area contributed by atoms with E-state index in [0.29, 0.717) is 18.5 Å². The molecule has 0 spiro atoms. The number of nitrogens with zero attached hydrogens (tertiary/aromatic N) is 2. The smallest absolute Gasteiger partial charge is 0.207 e. The lowest BCUT2D eigenvalue weighted by Gasteiger charge is -2.10. The lowest BCUT2D eigenvalue weighted by molar-refractivity contribution is 0.299. The van der Waals surface area contributed by atoms with Gasteiger partial charge in [0.25, 0.3) is 0 Å². The van der Waals surface area contributed by atoms with Crippen molar-refractivity contribution in [2.24, 2.45) is 0 Å². The average molecular weight is 310 g/mol. The molecule has 0 radical (unpaired) electrons. The summed E-state index contributed by atoms with van der Waals surface area (Å²) in [6.45, 7) is 1.27. The fourth-order valence-corrected chi connectivity index (χ4v) is 2.42. The maximum absolute atomic E-state index is 11.8. The number of aryl methyl sites for hydroxylation is 1. The van der Waals surface area contributed by atoms with Crippen LogP contribution in [0.2, 0.25) is 0 Å². The van der Waals surface area contributed by atoms with Crippen LogP contribution >= 0.6 is 0 Å². The van der Waals surface area contributed by atoms with Gasteiger partial charge in [0.1, 0.15) is 11.5 Å². The van der Waals surface area contributed by atoms with E-state index in [4.69, 9.17) is 9.47 Å². The van der Waals surface area contributed by atoms with E-state index in [1.807, 2.05) is 53.2 Å². The number of aromatic nitrogens is 2. The molecule has 5 heteroatoms. The van der Waals surface area contributed by atoms with Crippen LogP contribution in [0.5, 0.6) is 11.5 Å². The van der Waals surface area contributed by atoms with Gasteiger partial charge in [0.2, 0.25) is 5.43 Å². The normalized spacial score (nSPS) is 10.7. The van der Waals surface area contributed by atoms with E-state index in [1.165, 1.54) is 6.20 Å². The summed E-state index contributed by atoms with van der Waals surface area (Å²) >= 11 is 0. The van der Waals surface area contributed by atoms with Crippen molar-refractivity contribution in [3.8, 4) is 11.5 Å². The Kier molecular flexibility index (Phi) is 4.57. The number of benzene rings is 2. The highest BCUT2D eigenvalue weighted by Crippen LogP contribution is 2.17. The van der Waals surface area contributed by atoms with Crippen LogP contribution in [0.15, 0.2) is 59.5 Å². The second-order valence-electron chi connectivity index (χ2n) is 5.13. The number of ether oxygens (including phenoxy) is 2. The molecule has 0 atom stereocenters. The summed E-state index contributed by atoms with van der Waals surface area (Å²) in [5.41, 5.74) is 0.802. The molecule has 3 rings (SSSR count). The third-order valence-corrected chi connectivity index (χ3v) is 3.60. The first kappa shape index (κ1) is 15.1. The molecule has 118 valence electrons. The van der Waals surface area contributed by atoms with Crippen molar-refractivity contribution in [1.29, 1.82) is 0 Å². The number of methoxy groups -OCH3 is 1. The van der Waals surface area contributed by atoms with Crippen LogP contribution in [0.3, 0.4) is 0 Å². The van der Waals surface area contributed by atoms with Gasteiger partial charge in [-0.15, -0.1) is 0 Å². The van der Waals surface area contributed by atoms with Crippen molar-refractivity contribution in [2.45, 2.75) is 13.0 Å². The van der Waals surface area contributed by atoms with Crippen LogP contribution in [0, 0.1) is 0 Å². The first-order chi connectivity index (χ1) is 11.3. The molecule has 0 aliphatic carbocycles. The largest absolute Gasteiger partial charge is 0.497 e. The topological polar surface area (TPSA) is 53.4 Å². The molecule has 0 saturated carbocycles. The molecule has 1 heterocycles. The predicted octanol–water partition coefficient (Wildman–Crippen LogP) is 2.87. The summed E-state index contributed by atoms with van der Waals surface area (Å²) in [5, 5.41) is 4.90. The Morgan fingerprint density at radius 3 is 2.57 bits per heavy atom. The molecule has 23 heavy (non-hydrogen) atoms. The highest BCUT2D eigenvalue weighted by molar-refractivity contribution is 5.77. The van der Waals surface area contributed by atoms with Crippen molar-refractivity contribution in [3.63, 3.8) is 0 Å². The Labute approximate surface area is 134 Å². The summed E-state index contributed by atoms with van der Waals surface area (Å²) in [7, 11) is 1.64. The molecule has 0 bridgehead atoms. The zero-order valence-electron chi connectivity index (χ0n) is 12.9. The lowest BCUT2D eigenvalue weighted by Crippen LogP contribution is -2.13. The molecule has 5 nitrogen and oxygen atoms in total. The predicted molar refractivity (Wildman–Crippen MR) is 89.1 cm³/mol. The third kappa shape index (κ3) is 3.51. The Morgan fingerprint density at radius 2 is 1.78 bits per heavy atom. The summed E-state index contributed by atoms with van der Waals surface area (Å²) in [6, 6.07) is 15.0. The van der Waals surface area contributed by atoms with Crippen LogP contribution in [-0.4, -0.2) is 23.5 Å². The van der Waals surface area contributed by atoms with Crippen LogP contribution < -0.4 is 14.9 Å². The molecule has 0 N–H and O–H groups in total. The Morgan fingerprint density at radius 1 is 1.04 bits per heavy atom. The minimum atomic E-state index is -0.0497. The number of para-hydroxylation sites is 1. The number of hydrogen-bond donors (Lipinski definition) is 0. The zero-order valence-corrected chi connectivity index (χ0v) is 12.9. The maximum atomic E-state index is 11.8. The monoisotopic (exact) mass is 310 g/mol. The van der Waals surface area contributed by atoms with Gasteiger partial charge in [-0.25, -0.2) is 0 Å². The van der Waals surface area contributed by atoms with Gasteiger partial charge in [-0.3, -0.25) is 9.48 Å². The van der Waals surface area contributed by atoms with Crippen LogP contribution in [-0.2, 0) is 6.54 Å². The lowest BCUT2D eigenvalue weighted by atomic mass is 10.2. The van der Waals surface area contributed by atoms with E-state index < -0.39 is 0 Å². The second kappa shape index (κ2) is 6.96. The van der Waals surface area contributed by atoms with E-state index >= 15 is 0 Å². The van der Waals surface area contributed by atoms with Crippen molar-refractivity contribution in [3.05, 3.63) is 65.0 Å². The van der Waals surface area contributed by atoms with Crippen molar-refractivity contribution in [1.82, 2.24) is 9.78 Å². The van der Waals surface area contributed by atoms with E-state index in [2.05, 4.69) is 5.10 Å². The van der Waals surface area contributed by atoms with Gasteiger partial charge in [0, 0.05) is 18.4 Å². The van der Waals surface area contributed by atoms with E-state index in [9.17, 15) is 4.79 Å². The minimum absolute atomic E-state index is 0.0497. The van der Waals surface area contributed by atoms with Gasteiger partial charge in [0.15, 0.2) is 0 Å². The summed E-state index contributed by atoms with van der Waals surface area (Å²) < 4.78 is 12.7. The minimum Gasteiger partial charge on any atom is -0.497 e. The molecule has 1 aromatic heterocycles. The van der Waals surface area contributed by atoms with Gasteiger partial charge in [-0.2, -0.15) is 5.10 Å². The van der Waals surface area contributed by atoms with Crippen LogP contribution in [0.25, 0.3) is 10.9 Å². The van der Waals surface area contributed by atoms with Crippen molar-refractivity contribution in [2.75, 3.05) is 13.7 Å². The van der Waals surface area contributed by atoms with Gasteiger partial charge in [-0.1, -0.05) is 12.1 Å². The number of rotatable bonds is 6. The Bertz CT molecular complexity index is 841. The Balaban J connectivity index is 1.60. The molecular formula is C18H18N2O3. The van der Waals surface area contributed by atoms with Crippen LogP contribution in [0.4, 0.5) is 0 Å². The fraction of sp³-hybridized carbons (Fsp3) is 0.222. The third-order valence-electron chi connectivity index (χ3n) is 3.60. The molecule has 0 aliphatic heterocycles. The van der Waals surface area contributed by atoms with E-state index in [1.54, 1.807) is 7.11 Å². The molecule has 0 amide bonds. The number of fused-ring (bicyclic) bond motifs is 1. The fourth-order valence-electron chi connectivity index (χ4n) is 2.42. The van der Waals surface area contributed by atoms with E-state index in [0.717, 1.165) is 23.4 Å². The molecule has 0 fully saturated rings. The second-order valence-corrected chi connectivity index (χ2v) is 5.13. The van der Waals surface area contributed by atoms with Crippen molar-refractivity contribution >= 4 is 10.9 Å². The molecule has 0 saturated heterocycles. The number of hydrogen-bond acceptors (Lipinski definition) is 4. The van der Waals surface area contributed by atoms with Gasteiger partial charge in [0.05, 0.1) is 25.4 Å². The SMILES string of the molecule is COc1ccc(OCCCn2ncc(=O)c3ccccc32)cc1.